The van der Waals surface area contributed by atoms with Gasteiger partial charge in [0.1, 0.15) is 5.15 Å². The average Bonchev–Trinajstić information content (AvgIpc) is 2.99. The molecular formula is C11H15ClN2O2S. The summed E-state index contributed by atoms with van der Waals surface area (Å²) in [6, 6.07) is 2.80. The first kappa shape index (κ1) is 12.8. The number of hydrogen-bond donors (Lipinski definition) is 1. The first-order valence-corrected chi connectivity index (χ1v) is 7.33. The zero-order chi connectivity index (χ0) is 12.7. The first-order chi connectivity index (χ1) is 7.81. The van der Waals surface area contributed by atoms with Crippen LogP contribution in [0.15, 0.2) is 23.2 Å². The summed E-state index contributed by atoms with van der Waals surface area (Å²) in [6.07, 6.45) is 3.54. The Hall–Kier alpha value is -0.650. The summed E-state index contributed by atoms with van der Waals surface area (Å²) >= 11 is 5.69. The maximum absolute atomic E-state index is 12.1. The Balaban J connectivity index is 2.24. The molecule has 0 aromatic carbocycles. The van der Waals surface area contributed by atoms with Crippen LogP contribution in [0, 0.1) is 5.92 Å². The number of sulfonamides is 1. The zero-order valence-electron chi connectivity index (χ0n) is 9.77. The van der Waals surface area contributed by atoms with E-state index in [2.05, 4.69) is 9.71 Å². The average molecular weight is 275 g/mol. The largest absolute Gasteiger partial charge is 0.244 e. The Morgan fingerprint density at radius 1 is 1.47 bits per heavy atom. The molecule has 1 aliphatic carbocycles. The van der Waals surface area contributed by atoms with Crippen LogP contribution in [0.25, 0.3) is 0 Å². The van der Waals surface area contributed by atoms with Crippen molar-refractivity contribution in [3.05, 3.63) is 23.5 Å². The summed E-state index contributed by atoms with van der Waals surface area (Å²) in [6.45, 7) is 3.82. The number of nitrogens with zero attached hydrogens (tertiary/aromatic N) is 1. The van der Waals surface area contributed by atoms with Crippen LogP contribution in [0.2, 0.25) is 5.15 Å². The molecule has 0 saturated heterocycles. The molecule has 1 saturated carbocycles. The molecular weight excluding hydrogens is 260 g/mol. The SMILES string of the molecule is CC(C)(NS(=O)(=O)c1ccnc(Cl)c1)C1CC1. The van der Waals surface area contributed by atoms with Crippen LogP contribution in [-0.2, 0) is 10.0 Å². The quantitative estimate of drug-likeness (QED) is 0.857. The van der Waals surface area contributed by atoms with Gasteiger partial charge in [0.15, 0.2) is 0 Å². The van der Waals surface area contributed by atoms with Crippen molar-refractivity contribution in [1.29, 1.82) is 0 Å². The molecule has 0 spiro atoms. The summed E-state index contributed by atoms with van der Waals surface area (Å²) in [5.41, 5.74) is -0.408. The Kier molecular flexibility index (Phi) is 3.18. The molecule has 6 heteroatoms. The summed E-state index contributed by atoms with van der Waals surface area (Å²) in [7, 11) is -3.52. The third kappa shape index (κ3) is 2.97. The lowest BCUT2D eigenvalue weighted by molar-refractivity contribution is 0.400. The monoisotopic (exact) mass is 274 g/mol. The molecule has 1 aliphatic rings. The Labute approximate surface area is 106 Å². The van der Waals surface area contributed by atoms with Crippen molar-refractivity contribution in [2.75, 3.05) is 0 Å². The molecule has 17 heavy (non-hydrogen) atoms. The van der Waals surface area contributed by atoms with Gasteiger partial charge in [0.25, 0.3) is 0 Å². The van der Waals surface area contributed by atoms with Crippen molar-refractivity contribution in [3.8, 4) is 0 Å². The number of halogens is 1. The van der Waals surface area contributed by atoms with E-state index in [0.29, 0.717) is 5.92 Å². The van der Waals surface area contributed by atoms with Gasteiger partial charge in [-0.15, -0.1) is 0 Å². The Morgan fingerprint density at radius 3 is 2.65 bits per heavy atom. The predicted molar refractivity (Wildman–Crippen MR) is 66.4 cm³/mol. The lowest BCUT2D eigenvalue weighted by atomic mass is 10.0. The van der Waals surface area contributed by atoms with Crippen LogP contribution >= 0.6 is 11.6 Å². The van der Waals surface area contributed by atoms with E-state index in [1.54, 1.807) is 0 Å². The van der Waals surface area contributed by atoms with E-state index >= 15 is 0 Å². The van der Waals surface area contributed by atoms with Crippen LogP contribution in [0.4, 0.5) is 0 Å². The number of nitrogens with one attached hydrogen (secondary N) is 1. The Bertz CT molecular complexity index is 524. The van der Waals surface area contributed by atoms with Gasteiger partial charge in [0.05, 0.1) is 4.90 Å². The highest BCUT2D eigenvalue weighted by Crippen LogP contribution is 2.39. The summed E-state index contributed by atoms with van der Waals surface area (Å²) in [5, 5.41) is 0.178. The first-order valence-electron chi connectivity index (χ1n) is 5.47. The maximum Gasteiger partial charge on any atom is 0.241 e. The standard InChI is InChI=1S/C11H15ClN2O2S/c1-11(2,8-3-4-8)14-17(15,16)9-5-6-13-10(12)7-9/h5-8,14H,3-4H2,1-2H3. The number of aromatic nitrogens is 1. The Morgan fingerprint density at radius 2 is 2.12 bits per heavy atom. The van der Waals surface area contributed by atoms with E-state index in [1.165, 1.54) is 18.3 Å². The minimum absolute atomic E-state index is 0.159. The fourth-order valence-corrected chi connectivity index (χ4v) is 3.57. The predicted octanol–water partition coefficient (Wildman–Crippen LogP) is 2.20. The van der Waals surface area contributed by atoms with Gasteiger partial charge >= 0.3 is 0 Å². The van der Waals surface area contributed by atoms with Crippen molar-refractivity contribution in [2.45, 2.75) is 37.1 Å². The van der Waals surface area contributed by atoms with E-state index in [0.717, 1.165) is 12.8 Å². The molecule has 1 aromatic heterocycles. The van der Waals surface area contributed by atoms with Crippen LogP contribution in [0.5, 0.6) is 0 Å². The van der Waals surface area contributed by atoms with E-state index in [-0.39, 0.29) is 10.0 Å². The molecule has 1 fully saturated rings. The van der Waals surface area contributed by atoms with Crippen LogP contribution < -0.4 is 4.72 Å². The highest BCUT2D eigenvalue weighted by molar-refractivity contribution is 7.89. The van der Waals surface area contributed by atoms with E-state index < -0.39 is 15.6 Å². The fraction of sp³-hybridized carbons (Fsp3) is 0.545. The maximum atomic E-state index is 12.1. The van der Waals surface area contributed by atoms with Gasteiger partial charge in [-0.2, -0.15) is 0 Å². The molecule has 1 N–H and O–H groups in total. The molecule has 1 heterocycles. The van der Waals surface area contributed by atoms with Gasteiger partial charge in [-0.05, 0) is 44.7 Å². The molecule has 0 radical (unpaired) electrons. The summed E-state index contributed by atoms with van der Waals surface area (Å²) < 4.78 is 27.0. The van der Waals surface area contributed by atoms with Gasteiger partial charge in [-0.1, -0.05) is 11.6 Å². The van der Waals surface area contributed by atoms with Gasteiger partial charge in [0.2, 0.25) is 10.0 Å². The number of hydrogen-bond acceptors (Lipinski definition) is 3. The van der Waals surface area contributed by atoms with Crippen molar-refractivity contribution in [1.82, 2.24) is 9.71 Å². The third-order valence-corrected chi connectivity index (χ3v) is 4.88. The lowest BCUT2D eigenvalue weighted by Crippen LogP contribution is -2.45. The smallest absolute Gasteiger partial charge is 0.241 e. The van der Waals surface area contributed by atoms with Crippen molar-refractivity contribution >= 4 is 21.6 Å². The number of rotatable bonds is 4. The highest BCUT2D eigenvalue weighted by Gasteiger charge is 2.40. The second-order valence-corrected chi connectivity index (χ2v) is 6.99. The van der Waals surface area contributed by atoms with E-state index in [4.69, 9.17) is 11.6 Å². The van der Waals surface area contributed by atoms with Gasteiger partial charge in [0, 0.05) is 11.7 Å². The van der Waals surface area contributed by atoms with E-state index in [1.807, 2.05) is 13.8 Å². The topological polar surface area (TPSA) is 59.1 Å². The number of pyridine rings is 1. The normalized spacial score (nSPS) is 17.1. The molecule has 0 atom stereocenters. The second kappa shape index (κ2) is 4.23. The van der Waals surface area contributed by atoms with Crippen molar-refractivity contribution < 1.29 is 8.42 Å². The van der Waals surface area contributed by atoms with Crippen LogP contribution in [0.3, 0.4) is 0 Å². The molecule has 0 unspecified atom stereocenters. The van der Waals surface area contributed by atoms with E-state index in [9.17, 15) is 8.42 Å². The van der Waals surface area contributed by atoms with Crippen molar-refractivity contribution in [2.24, 2.45) is 5.92 Å². The molecule has 0 bridgehead atoms. The van der Waals surface area contributed by atoms with Gasteiger partial charge in [-0.25, -0.2) is 18.1 Å². The summed E-state index contributed by atoms with van der Waals surface area (Å²) in [5.74, 6) is 0.426. The third-order valence-electron chi connectivity index (χ3n) is 3.00. The molecule has 2 rings (SSSR count). The lowest BCUT2D eigenvalue weighted by Gasteiger charge is -2.25. The highest BCUT2D eigenvalue weighted by atomic mass is 35.5. The molecule has 1 aromatic rings. The summed E-state index contributed by atoms with van der Waals surface area (Å²) in [4.78, 5) is 3.93. The fourth-order valence-electron chi connectivity index (χ4n) is 1.85. The molecule has 94 valence electrons. The van der Waals surface area contributed by atoms with Gasteiger partial charge in [-0.3, -0.25) is 0 Å². The minimum atomic E-state index is -3.52. The van der Waals surface area contributed by atoms with Crippen LogP contribution in [-0.4, -0.2) is 18.9 Å². The molecule has 0 aliphatic heterocycles. The zero-order valence-corrected chi connectivity index (χ0v) is 11.3. The molecule has 0 amide bonds. The van der Waals surface area contributed by atoms with Gasteiger partial charge < -0.3 is 0 Å². The second-order valence-electron chi connectivity index (χ2n) is 4.92. The molecule has 4 nitrogen and oxygen atoms in total. The minimum Gasteiger partial charge on any atom is -0.244 e. The van der Waals surface area contributed by atoms with Crippen molar-refractivity contribution in [3.63, 3.8) is 0 Å². The van der Waals surface area contributed by atoms with Crippen LogP contribution in [0.1, 0.15) is 26.7 Å².